The summed E-state index contributed by atoms with van der Waals surface area (Å²) in [7, 11) is 0. The van der Waals surface area contributed by atoms with E-state index in [1.54, 1.807) is 12.1 Å². The summed E-state index contributed by atoms with van der Waals surface area (Å²) in [5, 5.41) is 19.1. The summed E-state index contributed by atoms with van der Waals surface area (Å²) in [6, 6.07) is 10.3. The normalized spacial score (nSPS) is 11.5. The Labute approximate surface area is 128 Å². The summed E-state index contributed by atoms with van der Waals surface area (Å²) < 4.78 is 0. The Morgan fingerprint density at radius 1 is 1.14 bits per heavy atom. The summed E-state index contributed by atoms with van der Waals surface area (Å²) in [5.74, 6) is -1.04. The highest BCUT2D eigenvalue weighted by Crippen LogP contribution is 2.27. The number of hydrogen-bond acceptors (Lipinski definition) is 2. The third kappa shape index (κ3) is 3.44. The van der Waals surface area contributed by atoms with E-state index in [4.69, 9.17) is 11.6 Å². The molecular weight excluding hydrogens is 288 g/mol. The molecule has 0 saturated carbocycles. The Bertz CT molecular complexity index is 733. The van der Waals surface area contributed by atoms with Gasteiger partial charge in [-0.1, -0.05) is 41.4 Å². The molecule has 2 aromatic rings. The van der Waals surface area contributed by atoms with Crippen LogP contribution in [0.4, 0.5) is 0 Å². The molecule has 0 saturated heterocycles. The highest BCUT2D eigenvalue weighted by molar-refractivity contribution is 6.32. The number of aryl methyl sites for hydroxylation is 2. The van der Waals surface area contributed by atoms with Crippen molar-refractivity contribution in [2.75, 3.05) is 0 Å². The molecular formula is C17H15ClO3. The quantitative estimate of drug-likeness (QED) is 0.657. The van der Waals surface area contributed by atoms with Gasteiger partial charge < -0.3 is 10.2 Å². The summed E-state index contributed by atoms with van der Waals surface area (Å²) in [5.41, 5.74) is 3.37. The number of carboxylic acids is 1. The number of rotatable bonds is 3. The van der Waals surface area contributed by atoms with Crippen LogP contribution in [0.5, 0.6) is 5.75 Å². The van der Waals surface area contributed by atoms with E-state index < -0.39 is 5.97 Å². The third-order valence-electron chi connectivity index (χ3n) is 3.20. The van der Waals surface area contributed by atoms with Crippen molar-refractivity contribution in [2.24, 2.45) is 0 Å². The maximum absolute atomic E-state index is 11.6. The molecule has 0 radical (unpaired) electrons. The van der Waals surface area contributed by atoms with E-state index in [0.29, 0.717) is 11.1 Å². The van der Waals surface area contributed by atoms with Crippen LogP contribution in [0.1, 0.15) is 22.3 Å². The predicted molar refractivity (Wildman–Crippen MR) is 84.5 cm³/mol. The molecule has 0 bridgehead atoms. The number of phenols is 1. The minimum absolute atomic E-state index is 0.0302. The smallest absolute Gasteiger partial charge is 0.336 e. The topological polar surface area (TPSA) is 57.5 Å². The molecule has 0 fully saturated rings. The van der Waals surface area contributed by atoms with Crippen molar-refractivity contribution in [1.29, 1.82) is 0 Å². The third-order valence-corrected chi connectivity index (χ3v) is 3.50. The van der Waals surface area contributed by atoms with Gasteiger partial charge in [-0.2, -0.15) is 0 Å². The van der Waals surface area contributed by atoms with Gasteiger partial charge in [-0.05, 0) is 48.7 Å². The Morgan fingerprint density at radius 3 is 2.48 bits per heavy atom. The molecule has 2 aromatic carbocycles. The van der Waals surface area contributed by atoms with E-state index in [1.165, 1.54) is 12.1 Å². The number of carboxylic acid groups (broad SMARTS) is 1. The Balaban J connectivity index is 2.57. The lowest BCUT2D eigenvalue weighted by Gasteiger charge is -2.09. The molecule has 0 aliphatic carbocycles. The second-order valence-corrected chi connectivity index (χ2v) is 5.30. The second-order valence-electron chi connectivity index (χ2n) is 4.89. The zero-order valence-electron chi connectivity index (χ0n) is 11.7. The van der Waals surface area contributed by atoms with Crippen LogP contribution in [0.3, 0.4) is 0 Å². The zero-order valence-corrected chi connectivity index (χ0v) is 12.5. The van der Waals surface area contributed by atoms with Crippen LogP contribution < -0.4 is 0 Å². The first-order chi connectivity index (χ1) is 9.88. The summed E-state index contributed by atoms with van der Waals surface area (Å²) >= 11 is 5.85. The number of aromatic hydroxyl groups is 1. The SMILES string of the molecule is Cc1ccc(C)c(/C(=C/c2ccc(O)c(Cl)c2)C(=O)O)c1. The maximum Gasteiger partial charge on any atom is 0.336 e. The number of carbonyl (C=O) groups is 1. The van der Waals surface area contributed by atoms with Gasteiger partial charge >= 0.3 is 5.97 Å². The van der Waals surface area contributed by atoms with Crippen molar-refractivity contribution in [1.82, 2.24) is 0 Å². The Morgan fingerprint density at radius 2 is 1.86 bits per heavy atom. The van der Waals surface area contributed by atoms with E-state index in [1.807, 2.05) is 32.0 Å². The lowest BCUT2D eigenvalue weighted by Crippen LogP contribution is -2.02. The fraction of sp³-hybridized carbons (Fsp3) is 0.118. The number of phenolic OH excluding ortho intramolecular Hbond substituents is 1. The van der Waals surface area contributed by atoms with Crippen molar-refractivity contribution in [2.45, 2.75) is 13.8 Å². The number of benzene rings is 2. The molecule has 0 spiro atoms. The van der Waals surface area contributed by atoms with Crippen LogP contribution in [-0.2, 0) is 4.79 Å². The van der Waals surface area contributed by atoms with Gasteiger partial charge in [0, 0.05) is 0 Å². The fourth-order valence-corrected chi connectivity index (χ4v) is 2.25. The van der Waals surface area contributed by atoms with E-state index in [9.17, 15) is 15.0 Å². The van der Waals surface area contributed by atoms with Crippen molar-refractivity contribution in [3.8, 4) is 5.75 Å². The monoisotopic (exact) mass is 302 g/mol. The summed E-state index contributed by atoms with van der Waals surface area (Å²) in [6.07, 6.45) is 1.55. The Kier molecular flexibility index (Phi) is 4.34. The molecule has 2 rings (SSSR count). The van der Waals surface area contributed by atoms with E-state index in [-0.39, 0.29) is 16.3 Å². The van der Waals surface area contributed by atoms with Crippen LogP contribution in [0, 0.1) is 13.8 Å². The molecule has 0 aromatic heterocycles. The van der Waals surface area contributed by atoms with Gasteiger partial charge in [0.15, 0.2) is 0 Å². The molecule has 0 unspecified atom stereocenters. The van der Waals surface area contributed by atoms with Crippen molar-refractivity contribution < 1.29 is 15.0 Å². The van der Waals surface area contributed by atoms with Gasteiger partial charge in [0.2, 0.25) is 0 Å². The van der Waals surface area contributed by atoms with E-state index in [2.05, 4.69) is 0 Å². The standard InChI is InChI=1S/C17H15ClO3/c1-10-3-4-11(2)13(7-10)14(17(20)21)8-12-5-6-16(19)15(18)9-12/h3-9,19H,1-2H3,(H,20,21)/b14-8-. The highest BCUT2D eigenvalue weighted by atomic mass is 35.5. The summed E-state index contributed by atoms with van der Waals surface area (Å²) in [4.78, 5) is 11.6. The van der Waals surface area contributed by atoms with Gasteiger partial charge in [-0.15, -0.1) is 0 Å². The minimum atomic E-state index is -1.01. The lowest BCUT2D eigenvalue weighted by molar-refractivity contribution is -0.130. The molecule has 2 N–H and O–H groups in total. The molecule has 108 valence electrons. The fourth-order valence-electron chi connectivity index (χ4n) is 2.06. The van der Waals surface area contributed by atoms with Gasteiger partial charge in [-0.25, -0.2) is 4.79 Å². The van der Waals surface area contributed by atoms with Gasteiger partial charge in [0.05, 0.1) is 10.6 Å². The lowest BCUT2D eigenvalue weighted by atomic mass is 9.96. The molecule has 0 amide bonds. The van der Waals surface area contributed by atoms with Crippen molar-refractivity contribution in [3.63, 3.8) is 0 Å². The first-order valence-corrected chi connectivity index (χ1v) is 6.77. The van der Waals surface area contributed by atoms with E-state index >= 15 is 0 Å². The average molecular weight is 303 g/mol. The molecule has 0 aliphatic rings. The highest BCUT2D eigenvalue weighted by Gasteiger charge is 2.13. The zero-order chi connectivity index (χ0) is 15.6. The van der Waals surface area contributed by atoms with Crippen LogP contribution in [0.25, 0.3) is 11.6 Å². The average Bonchev–Trinajstić information content (AvgIpc) is 2.42. The number of halogens is 1. The molecule has 3 nitrogen and oxygen atoms in total. The summed E-state index contributed by atoms with van der Waals surface area (Å²) in [6.45, 7) is 3.79. The van der Waals surface area contributed by atoms with Crippen molar-refractivity contribution in [3.05, 3.63) is 63.7 Å². The predicted octanol–water partition coefficient (Wildman–Crippen LogP) is 4.29. The molecule has 0 atom stereocenters. The van der Waals surface area contributed by atoms with Gasteiger partial charge in [0.1, 0.15) is 5.75 Å². The van der Waals surface area contributed by atoms with Crippen LogP contribution in [0.15, 0.2) is 36.4 Å². The molecule has 4 heteroatoms. The van der Waals surface area contributed by atoms with Gasteiger partial charge in [0.25, 0.3) is 0 Å². The second kappa shape index (κ2) is 6.02. The van der Waals surface area contributed by atoms with Crippen molar-refractivity contribution >= 4 is 29.2 Å². The first-order valence-electron chi connectivity index (χ1n) is 6.39. The minimum Gasteiger partial charge on any atom is -0.506 e. The van der Waals surface area contributed by atoms with Crippen LogP contribution >= 0.6 is 11.6 Å². The van der Waals surface area contributed by atoms with Crippen LogP contribution in [0.2, 0.25) is 5.02 Å². The Hall–Kier alpha value is -2.26. The maximum atomic E-state index is 11.6. The number of aliphatic carboxylic acids is 1. The molecule has 0 aliphatic heterocycles. The van der Waals surface area contributed by atoms with Gasteiger partial charge in [-0.3, -0.25) is 0 Å². The molecule has 0 heterocycles. The first kappa shape index (κ1) is 15.1. The molecule has 21 heavy (non-hydrogen) atoms. The van der Waals surface area contributed by atoms with Crippen LogP contribution in [-0.4, -0.2) is 16.2 Å². The largest absolute Gasteiger partial charge is 0.506 e. The number of hydrogen-bond donors (Lipinski definition) is 2. The van der Waals surface area contributed by atoms with E-state index in [0.717, 1.165) is 11.1 Å².